The zero-order chi connectivity index (χ0) is 18.1. The normalized spacial score (nSPS) is 17.8. The van der Waals surface area contributed by atoms with E-state index in [1.54, 1.807) is 12.1 Å². The largest absolute Gasteiger partial charge is 0.459 e. The average Bonchev–Trinajstić information content (AvgIpc) is 3.29. The molecule has 7 heteroatoms. The molecule has 6 nitrogen and oxygen atoms in total. The maximum absolute atomic E-state index is 12.5. The fourth-order valence-electron chi connectivity index (χ4n) is 3.60. The number of nitrogens with one attached hydrogen (secondary N) is 1. The molecule has 2 aromatic heterocycles. The first-order chi connectivity index (χ1) is 12.6. The van der Waals surface area contributed by atoms with Crippen LogP contribution in [0.5, 0.6) is 0 Å². The molecule has 0 saturated carbocycles. The summed E-state index contributed by atoms with van der Waals surface area (Å²) in [5, 5.41) is 9.85. The molecule has 26 heavy (non-hydrogen) atoms. The third-order valence-electron chi connectivity index (χ3n) is 4.90. The number of rotatable bonds is 4. The zero-order valence-electron chi connectivity index (χ0n) is 14.6. The smallest absolute Gasteiger partial charge is 0.289 e. The van der Waals surface area contributed by atoms with Crippen LogP contribution in [0.3, 0.4) is 0 Å². The molecule has 0 aliphatic carbocycles. The highest BCUT2D eigenvalue weighted by atomic mass is 35.5. The van der Waals surface area contributed by atoms with Crippen LogP contribution in [0.4, 0.5) is 0 Å². The van der Waals surface area contributed by atoms with Gasteiger partial charge in [0.25, 0.3) is 5.91 Å². The molecule has 3 aromatic rings. The lowest BCUT2D eigenvalue weighted by atomic mass is 10.0. The first-order valence-corrected chi connectivity index (χ1v) is 9.17. The van der Waals surface area contributed by atoms with Crippen LogP contribution in [0.2, 0.25) is 5.02 Å². The van der Waals surface area contributed by atoms with Gasteiger partial charge < -0.3 is 14.6 Å². The van der Waals surface area contributed by atoms with Crippen molar-refractivity contribution in [2.24, 2.45) is 7.05 Å². The Morgan fingerprint density at radius 1 is 1.38 bits per heavy atom. The van der Waals surface area contributed by atoms with E-state index in [9.17, 15) is 4.79 Å². The van der Waals surface area contributed by atoms with E-state index in [1.165, 1.54) is 6.26 Å². The van der Waals surface area contributed by atoms with Crippen LogP contribution >= 0.6 is 11.6 Å². The predicted molar refractivity (Wildman–Crippen MR) is 100 cm³/mol. The monoisotopic (exact) mass is 372 g/mol. The quantitative estimate of drug-likeness (QED) is 0.763. The zero-order valence-corrected chi connectivity index (χ0v) is 15.4. The van der Waals surface area contributed by atoms with Crippen molar-refractivity contribution in [3.8, 4) is 0 Å². The second-order valence-corrected chi connectivity index (χ2v) is 7.06. The van der Waals surface area contributed by atoms with Gasteiger partial charge in [-0.1, -0.05) is 17.7 Å². The van der Waals surface area contributed by atoms with E-state index in [1.807, 2.05) is 34.8 Å². The number of amides is 1. The Morgan fingerprint density at radius 3 is 3.08 bits per heavy atom. The van der Waals surface area contributed by atoms with Crippen LogP contribution in [0.25, 0.3) is 10.9 Å². The van der Waals surface area contributed by atoms with Crippen LogP contribution in [-0.2, 0) is 13.6 Å². The van der Waals surface area contributed by atoms with Crippen molar-refractivity contribution in [3.05, 3.63) is 53.1 Å². The maximum Gasteiger partial charge on any atom is 0.289 e. The van der Waals surface area contributed by atoms with Crippen LogP contribution < -0.4 is 5.32 Å². The van der Waals surface area contributed by atoms with Gasteiger partial charge in [0.05, 0.1) is 22.5 Å². The fourth-order valence-corrected chi connectivity index (χ4v) is 3.88. The molecule has 0 spiro atoms. The van der Waals surface area contributed by atoms with Crippen molar-refractivity contribution in [1.29, 1.82) is 0 Å². The van der Waals surface area contributed by atoms with Crippen molar-refractivity contribution >= 4 is 28.4 Å². The molecule has 1 N–H and O–H groups in total. The molecule has 0 radical (unpaired) electrons. The highest BCUT2D eigenvalue weighted by Gasteiger charge is 2.26. The van der Waals surface area contributed by atoms with Crippen molar-refractivity contribution in [2.45, 2.75) is 25.4 Å². The lowest BCUT2D eigenvalue weighted by Gasteiger charge is -2.32. The topological polar surface area (TPSA) is 63.3 Å². The summed E-state index contributed by atoms with van der Waals surface area (Å²) < 4.78 is 7.09. The van der Waals surface area contributed by atoms with Gasteiger partial charge in [-0.15, -0.1) is 0 Å². The second kappa shape index (κ2) is 7.13. The molecule has 1 unspecified atom stereocenters. The van der Waals surface area contributed by atoms with Gasteiger partial charge in [0.1, 0.15) is 0 Å². The number of hydrogen-bond acceptors (Lipinski definition) is 4. The SMILES string of the molecule is Cn1nc(CNC2CCCN(C(=O)c3ccco3)C2)c2c(Cl)cccc21. The molecule has 3 heterocycles. The minimum Gasteiger partial charge on any atom is -0.459 e. The molecule has 136 valence electrons. The standard InChI is InChI=1S/C19H21ClN4O2/c1-23-16-7-2-6-14(20)18(16)15(22-23)11-21-13-5-3-9-24(12-13)19(25)17-8-4-10-26-17/h2,4,6-8,10,13,21H,3,5,9,11-12H2,1H3. The second-order valence-electron chi connectivity index (χ2n) is 6.65. The average molecular weight is 373 g/mol. The van der Waals surface area contributed by atoms with E-state index in [2.05, 4.69) is 10.4 Å². The van der Waals surface area contributed by atoms with Gasteiger partial charge in [0.15, 0.2) is 5.76 Å². The molecule has 1 atom stereocenters. The molecule has 1 aromatic carbocycles. The summed E-state index contributed by atoms with van der Waals surface area (Å²) >= 11 is 6.37. The van der Waals surface area contributed by atoms with Gasteiger partial charge in [0, 0.05) is 38.1 Å². The number of furan rings is 1. The summed E-state index contributed by atoms with van der Waals surface area (Å²) in [6, 6.07) is 9.51. The summed E-state index contributed by atoms with van der Waals surface area (Å²) in [6.45, 7) is 2.04. The van der Waals surface area contributed by atoms with Crippen molar-refractivity contribution in [2.75, 3.05) is 13.1 Å². The number of likely N-dealkylation sites (tertiary alicyclic amines) is 1. The Kier molecular flexibility index (Phi) is 4.70. The number of fused-ring (bicyclic) bond motifs is 1. The summed E-state index contributed by atoms with van der Waals surface area (Å²) in [4.78, 5) is 14.3. The molecular weight excluding hydrogens is 352 g/mol. The Labute approximate surface area is 156 Å². The molecule has 4 rings (SSSR count). The summed E-state index contributed by atoms with van der Waals surface area (Å²) in [6.07, 6.45) is 3.52. The van der Waals surface area contributed by atoms with Crippen LogP contribution in [0.1, 0.15) is 29.1 Å². The molecule has 1 aliphatic rings. The number of aryl methyl sites for hydroxylation is 1. The summed E-state index contributed by atoms with van der Waals surface area (Å²) in [5.74, 6) is 0.348. The van der Waals surface area contributed by atoms with Crippen molar-refractivity contribution in [3.63, 3.8) is 0 Å². The van der Waals surface area contributed by atoms with Gasteiger partial charge in [-0.2, -0.15) is 5.10 Å². The highest BCUT2D eigenvalue weighted by Crippen LogP contribution is 2.26. The molecule has 1 amide bonds. The van der Waals surface area contributed by atoms with Gasteiger partial charge in [-0.25, -0.2) is 0 Å². The number of benzene rings is 1. The number of carbonyl (C=O) groups is 1. The lowest BCUT2D eigenvalue weighted by molar-refractivity contribution is 0.0662. The summed E-state index contributed by atoms with van der Waals surface area (Å²) in [7, 11) is 1.92. The van der Waals surface area contributed by atoms with E-state index in [0.29, 0.717) is 23.9 Å². The van der Waals surface area contributed by atoms with Gasteiger partial charge in [-0.05, 0) is 37.1 Å². The minimum atomic E-state index is -0.0483. The Morgan fingerprint density at radius 2 is 2.27 bits per heavy atom. The third kappa shape index (κ3) is 3.22. The number of nitrogens with zero attached hydrogens (tertiary/aromatic N) is 3. The van der Waals surface area contributed by atoms with Crippen LogP contribution in [-0.4, -0.2) is 39.7 Å². The van der Waals surface area contributed by atoms with Crippen molar-refractivity contribution < 1.29 is 9.21 Å². The number of halogens is 1. The Bertz CT molecular complexity index is 919. The Balaban J connectivity index is 1.44. The van der Waals surface area contributed by atoms with Gasteiger partial charge in [0.2, 0.25) is 0 Å². The highest BCUT2D eigenvalue weighted by molar-refractivity contribution is 6.35. The van der Waals surface area contributed by atoms with Crippen LogP contribution in [0.15, 0.2) is 41.0 Å². The van der Waals surface area contributed by atoms with E-state index >= 15 is 0 Å². The van der Waals surface area contributed by atoms with E-state index in [-0.39, 0.29) is 11.9 Å². The predicted octanol–water partition coefficient (Wildman–Crippen LogP) is 3.21. The van der Waals surface area contributed by atoms with Gasteiger partial charge in [-0.3, -0.25) is 9.48 Å². The molecule has 0 bridgehead atoms. The third-order valence-corrected chi connectivity index (χ3v) is 5.21. The van der Waals surface area contributed by atoms with E-state index in [0.717, 1.165) is 36.0 Å². The number of carbonyl (C=O) groups excluding carboxylic acids is 1. The maximum atomic E-state index is 12.5. The first kappa shape index (κ1) is 17.1. The fraction of sp³-hybridized carbons (Fsp3) is 0.368. The van der Waals surface area contributed by atoms with E-state index < -0.39 is 0 Å². The van der Waals surface area contributed by atoms with E-state index in [4.69, 9.17) is 16.0 Å². The number of piperidine rings is 1. The lowest BCUT2D eigenvalue weighted by Crippen LogP contribution is -2.47. The van der Waals surface area contributed by atoms with Crippen LogP contribution in [0, 0.1) is 0 Å². The molecular formula is C19H21ClN4O2. The first-order valence-electron chi connectivity index (χ1n) is 8.80. The number of aromatic nitrogens is 2. The molecule has 1 saturated heterocycles. The minimum absolute atomic E-state index is 0.0483. The summed E-state index contributed by atoms with van der Waals surface area (Å²) in [5.41, 5.74) is 1.95. The van der Waals surface area contributed by atoms with Gasteiger partial charge >= 0.3 is 0 Å². The molecule has 1 fully saturated rings. The number of hydrogen-bond donors (Lipinski definition) is 1. The molecule has 1 aliphatic heterocycles. The Hall–Kier alpha value is -2.31. The van der Waals surface area contributed by atoms with Crippen molar-refractivity contribution in [1.82, 2.24) is 20.0 Å².